The third kappa shape index (κ3) is 1.66. The van der Waals surface area contributed by atoms with E-state index in [2.05, 4.69) is 41.2 Å². The monoisotopic (exact) mass is 234 g/mol. The molecule has 0 radical (unpaired) electrons. The largest absolute Gasteiger partial charge is 0.352 e. The van der Waals surface area contributed by atoms with Crippen LogP contribution in [0.4, 0.5) is 5.82 Å². The number of nitrogens with zero attached hydrogens (tertiary/aromatic N) is 2. The number of aromatic nitrogens is 2. The van der Waals surface area contributed by atoms with Crippen molar-refractivity contribution in [1.82, 2.24) is 15.5 Å². The molecule has 1 aliphatic heterocycles. The summed E-state index contributed by atoms with van der Waals surface area (Å²) in [6.45, 7) is 11.3. The Hall–Kier alpha value is -1.03. The van der Waals surface area contributed by atoms with Gasteiger partial charge in [0, 0.05) is 37.4 Å². The molecule has 0 spiro atoms. The molecule has 1 unspecified atom stereocenters. The molecule has 2 aliphatic rings. The number of piperazine rings is 1. The zero-order valence-corrected chi connectivity index (χ0v) is 11.0. The van der Waals surface area contributed by atoms with Gasteiger partial charge in [-0.05, 0) is 17.8 Å². The standard InChI is InChI=1S/C13H22N4/c1-9-8-13(2,3)10-11(9)15-16-12(10)17-6-4-14-5-7-17/h9,14H,4-8H2,1-3H3,(H,15,16). The molecule has 0 saturated carbocycles. The second-order valence-corrected chi connectivity index (χ2v) is 6.06. The smallest absolute Gasteiger partial charge is 0.154 e. The zero-order chi connectivity index (χ0) is 12.0. The van der Waals surface area contributed by atoms with Crippen molar-refractivity contribution in [2.75, 3.05) is 31.1 Å². The Bertz CT molecular complexity index is 415. The highest BCUT2D eigenvalue weighted by Gasteiger charge is 2.40. The van der Waals surface area contributed by atoms with Gasteiger partial charge >= 0.3 is 0 Å². The van der Waals surface area contributed by atoms with Gasteiger partial charge in [-0.2, -0.15) is 5.10 Å². The molecule has 0 amide bonds. The number of anilines is 1. The van der Waals surface area contributed by atoms with Gasteiger partial charge in [0.1, 0.15) is 0 Å². The summed E-state index contributed by atoms with van der Waals surface area (Å²) in [5, 5.41) is 11.3. The molecule has 17 heavy (non-hydrogen) atoms. The number of aromatic amines is 1. The molecule has 1 aromatic rings. The maximum absolute atomic E-state index is 4.58. The van der Waals surface area contributed by atoms with Gasteiger partial charge in [0.2, 0.25) is 0 Å². The number of fused-ring (bicyclic) bond motifs is 1. The second-order valence-electron chi connectivity index (χ2n) is 6.06. The van der Waals surface area contributed by atoms with Crippen LogP contribution in [0.25, 0.3) is 0 Å². The van der Waals surface area contributed by atoms with Crippen LogP contribution >= 0.6 is 0 Å². The maximum Gasteiger partial charge on any atom is 0.154 e. The van der Waals surface area contributed by atoms with Crippen molar-refractivity contribution in [1.29, 1.82) is 0 Å². The van der Waals surface area contributed by atoms with Gasteiger partial charge in [-0.25, -0.2) is 0 Å². The molecule has 4 heteroatoms. The lowest BCUT2D eigenvalue weighted by Crippen LogP contribution is -2.44. The summed E-state index contributed by atoms with van der Waals surface area (Å²) >= 11 is 0. The van der Waals surface area contributed by atoms with E-state index in [1.165, 1.54) is 23.5 Å². The van der Waals surface area contributed by atoms with Gasteiger partial charge < -0.3 is 10.2 Å². The lowest BCUT2D eigenvalue weighted by Gasteiger charge is -2.30. The van der Waals surface area contributed by atoms with Crippen molar-refractivity contribution < 1.29 is 0 Å². The van der Waals surface area contributed by atoms with Gasteiger partial charge in [0.05, 0.1) is 0 Å². The molecular formula is C13H22N4. The van der Waals surface area contributed by atoms with Crippen molar-refractivity contribution >= 4 is 5.82 Å². The fraction of sp³-hybridized carbons (Fsp3) is 0.769. The van der Waals surface area contributed by atoms with E-state index in [9.17, 15) is 0 Å². The van der Waals surface area contributed by atoms with Crippen LogP contribution in [0.5, 0.6) is 0 Å². The Morgan fingerprint density at radius 2 is 2.00 bits per heavy atom. The first-order valence-electron chi connectivity index (χ1n) is 6.64. The number of hydrogen-bond donors (Lipinski definition) is 2. The summed E-state index contributed by atoms with van der Waals surface area (Å²) in [6, 6.07) is 0. The van der Waals surface area contributed by atoms with Crippen LogP contribution in [0.15, 0.2) is 0 Å². The van der Waals surface area contributed by atoms with Gasteiger partial charge in [0.25, 0.3) is 0 Å². The Morgan fingerprint density at radius 3 is 2.71 bits per heavy atom. The Balaban J connectivity index is 1.99. The van der Waals surface area contributed by atoms with Crippen LogP contribution in [-0.2, 0) is 5.41 Å². The van der Waals surface area contributed by atoms with Crippen molar-refractivity contribution in [3.05, 3.63) is 11.3 Å². The highest BCUT2D eigenvalue weighted by Crippen LogP contribution is 2.48. The lowest BCUT2D eigenvalue weighted by molar-refractivity contribution is 0.481. The predicted octanol–water partition coefficient (Wildman–Crippen LogP) is 1.60. The van der Waals surface area contributed by atoms with Crippen LogP contribution in [-0.4, -0.2) is 36.4 Å². The van der Waals surface area contributed by atoms with Crippen molar-refractivity contribution in [2.45, 2.75) is 38.5 Å². The Labute approximate surface area is 103 Å². The Morgan fingerprint density at radius 1 is 1.29 bits per heavy atom. The first kappa shape index (κ1) is 11.1. The molecule has 1 aromatic heterocycles. The van der Waals surface area contributed by atoms with E-state index in [4.69, 9.17) is 0 Å². The van der Waals surface area contributed by atoms with E-state index >= 15 is 0 Å². The molecule has 4 nitrogen and oxygen atoms in total. The normalized spacial score (nSPS) is 27.2. The van der Waals surface area contributed by atoms with Crippen LogP contribution in [0.1, 0.15) is 44.4 Å². The van der Waals surface area contributed by atoms with E-state index in [0.29, 0.717) is 5.92 Å². The summed E-state index contributed by atoms with van der Waals surface area (Å²) in [5.74, 6) is 1.82. The first-order chi connectivity index (χ1) is 8.09. The Kier molecular flexibility index (Phi) is 2.43. The molecule has 3 rings (SSSR count). The zero-order valence-electron chi connectivity index (χ0n) is 11.0. The van der Waals surface area contributed by atoms with E-state index in [1.807, 2.05) is 0 Å². The van der Waals surface area contributed by atoms with E-state index in [1.54, 1.807) is 0 Å². The van der Waals surface area contributed by atoms with Gasteiger partial charge in [-0.15, -0.1) is 0 Å². The minimum atomic E-state index is 0.266. The third-order valence-electron chi connectivity index (χ3n) is 4.18. The lowest BCUT2D eigenvalue weighted by atomic mass is 9.86. The highest BCUT2D eigenvalue weighted by molar-refractivity contribution is 5.56. The van der Waals surface area contributed by atoms with Crippen molar-refractivity contribution in [3.63, 3.8) is 0 Å². The quantitative estimate of drug-likeness (QED) is 0.776. The van der Waals surface area contributed by atoms with Crippen LogP contribution in [0.3, 0.4) is 0 Å². The number of hydrogen-bond acceptors (Lipinski definition) is 3. The topological polar surface area (TPSA) is 44.0 Å². The van der Waals surface area contributed by atoms with Gasteiger partial charge in [-0.3, -0.25) is 5.10 Å². The van der Waals surface area contributed by atoms with Crippen LogP contribution in [0, 0.1) is 0 Å². The minimum Gasteiger partial charge on any atom is -0.352 e. The molecular weight excluding hydrogens is 212 g/mol. The van der Waals surface area contributed by atoms with E-state index in [-0.39, 0.29) is 5.41 Å². The summed E-state index contributed by atoms with van der Waals surface area (Å²) in [7, 11) is 0. The fourth-order valence-corrected chi connectivity index (χ4v) is 3.44. The molecule has 94 valence electrons. The first-order valence-corrected chi connectivity index (χ1v) is 6.64. The number of H-pyrrole nitrogens is 1. The molecule has 0 aromatic carbocycles. The number of nitrogens with one attached hydrogen (secondary N) is 2. The summed E-state index contributed by atoms with van der Waals surface area (Å²) in [4.78, 5) is 2.42. The molecule has 2 heterocycles. The summed E-state index contributed by atoms with van der Waals surface area (Å²) < 4.78 is 0. The van der Waals surface area contributed by atoms with Crippen molar-refractivity contribution in [2.24, 2.45) is 0 Å². The van der Waals surface area contributed by atoms with Gasteiger partial charge in [-0.1, -0.05) is 20.8 Å². The van der Waals surface area contributed by atoms with Crippen LogP contribution in [0.2, 0.25) is 0 Å². The second kappa shape index (κ2) is 3.73. The molecule has 1 fully saturated rings. The minimum absolute atomic E-state index is 0.266. The molecule has 1 saturated heterocycles. The maximum atomic E-state index is 4.58. The van der Waals surface area contributed by atoms with Crippen molar-refractivity contribution in [3.8, 4) is 0 Å². The molecule has 1 atom stereocenters. The molecule has 1 aliphatic carbocycles. The third-order valence-corrected chi connectivity index (χ3v) is 4.18. The highest BCUT2D eigenvalue weighted by atomic mass is 15.3. The average Bonchev–Trinajstić information content (AvgIpc) is 2.82. The van der Waals surface area contributed by atoms with Gasteiger partial charge in [0.15, 0.2) is 5.82 Å². The predicted molar refractivity (Wildman–Crippen MR) is 69.7 cm³/mol. The summed E-state index contributed by atoms with van der Waals surface area (Å²) in [5.41, 5.74) is 3.09. The summed E-state index contributed by atoms with van der Waals surface area (Å²) in [6.07, 6.45) is 1.23. The number of rotatable bonds is 1. The molecule has 0 bridgehead atoms. The van der Waals surface area contributed by atoms with E-state index in [0.717, 1.165) is 26.2 Å². The SMILES string of the molecule is CC1CC(C)(C)c2c(N3CCNCC3)n[nH]c21. The fourth-order valence-electron chi connectivity index (χ4n) is 3.44. The van der Waals surface area contributed by atoms with E-state index < -0.39 is 0 Å². The average molecular weight is 234 g/mol. The van der Waals surface area contributed by atoms with Crippen LogP contribution < -0.4 is 10.2 Å². The molecule has 2 N–H and O–H groups in total.